The number of aryl methyl sites for hydroxylation is 1. The molecule has 0 saturated carbocycles. The summed E-state index contributed by atoms with van der Waals surface area (Å²) < 4.78 is 0. The Morgan fingerprint density at radius 3 is 2.39 bits per heavy atom. The molecule has 3 heteroatoms. The summed E-state index contributed by atoms with van der Waals surface area (Å²) in [6, 6.07) is 14.0. The van der Waals surface area contributed by atoms with Crippen LogP contribution in [0.15, 0.2) is 42.5 Å². The summed E-state index contributed by atoms with van der Waals surface area (Å²) in [6.07, 6.45) is 0. The maximum atomic E-state index is 6.24. The van der Waals surface area contributed by atoms with Crippen LogP contribution in [0.5, 0.6) is 0 Å². The molecule has 0 amide bonds. The summed E-state index contributed by atoms with van der Waals surface area (Å²) >= 11 is 6.24. The highest BCUT2D eigenvalue weighted by Crippen LogP contribution is 2.22. The van der Waals surface area contributed by atoms with Crippen molar-refractivity contribution in [3.8, 4) is 0 Å². The van der Waals surface area contributed by atoms with E-state index in [2.05, 4.69) is 17.0 Å². The van der Waals surface area contributed by atoms with E-state index in [1.54, 1.807) is 0 Å². The van der Waals surface area contributed by atoms with Crippen LogP contribution in [0.3, 0.4) is 0 Å². The normalized spacial score (nSPS) is 10.4. The number of hydrogen-bond donors (Lipinski definition) is 1. The van der Waals surface area contributed by atoms with Crippen LogP contribution in [0, 0.1) is 6.92 Å². The standard InChI is InChI=1S/C15H17ClN2/c1-11-3-4-12(15(16)9-11)10-18(2)14-7-5-13(17)6-8-14/h3-9H,10,17H2,1-2H3. The second-order valence-corrected chi connectivity index (χ2v) is 4.95. The van der Waals surface area contributed by atoms with E-state index in [0.717, 1.165) is 28.5 Å². The Hall–Kier alpha value is -1.67. The van der Waals surface area contributed by atoms with Crippen molar-refractivity contribution in [2.75, 3.05) is 17.7 Å². The Balaban J connectivity index is 2.15. The molecule has 2 rings (SSSR count). The van der Waals surface area contributed by atoms with Crippen LogP contribution in [-0.4, -0.2) is 7.05 Å². The molecule has 2 nitrogen and oxygen atoms in total. The summed E-state index contributed by atoms with van der Waals surface area (Å²) in [7, 11) is 2.04. The van der Waals surface area contributed by atoms with Gasteiger partial charge < -0.3 is 10.6 Å². The third-order valence-electron chi connectivity index (χ3n) is 2.95. The summed E-state index contributed by atoms with van der Waals surface area (Å²) in [5, 5.41) is 0.817. The largest absolute Gasteiger partial charge is 0.399 e. The molecule has 18 heavy (non-hydrogen) atoms. The molecule has 2 aromatic carbocycles. The molecule has 0 aromatic heterocycles. The van der Waals surface area contributed by atoms with Gasteiger partial charge in [-0.1, -0.05) is 23.7 Å². The number of anilines is 2. The molecule has 94 valence electrons. The number of benzene rings is 2. The average molecular weight is 261 g/mol. The molecule has 0 atom stereocenters. The minimum Gasteiger partial charge on any atom is -0.399 e. The topological polar surface area (TPSA) is 29.3 Å². The van der Waals surface area contributed by atoms with Crippen molar-refractivity contribution in [3.63, 3.8) is 0 Å². The summed E-state index contributed by atoms with van der Waals surface area (Å²) in [5.74, 6) is 0. The molecule has 0 spiro atoms. The molecule has 0 heterocycles. The average Bonchev–Trinajstić information content (AvgIpc) is 2.33. The lowest BCUT2D eigenvalue weighted by Gasteiger charge is -2.20. The van der Waals surface area contributed by atoms with Gasteiger partial charge in [0.05, 0.1) is 0 Å². The van der Waals surface area contributed by atoms with Gasteiger partial charge in [0.25, 0.3) is 0 Å². The van der Waals surface area contributed by atoms with Crippen molar-refractivity contribution in [2.24, 2.45) is 0 Å². The predicted octanol–water partition coefficient (Wildman–Crippen LogP) is 3.87. The molecule has 0 bridgehead atoms. The van der Waals surface area contributed by atoms with E-state index in [9.17, 15) is 0 Å². The minimum absolute atomic E-state index is 0.778. The van der Waals surface area contributed by atoms with Crippen LogP contribution in [0.2, 0.25) is 5.02 Å². The van der Waals surface area contributed by atoms with Crippen molar-refractivity contribution in [3.05, 3.63) is 58.6 Å². The van der Waals surface area contributed by atoms with Gasteiger partial charge >= 0.3 is 0 Å². The molecule has 2 N–H and O–H groups in total. The number of hydrogen-bond acceptors (Lipinski definition) is 2. The molecule has 0 aliphatic heterocycles. The lowest BCUT2D eigenvalue weighted by atomic mass is 10.1. The number of nitrogens with zero attached hydrogens (tertiary/aromatic N) is 1. The molecular weight excluding hydrogens is 244 g/mol. The van der Waals surface area contributed by atoms with Gasteiger partial charge in [0.15, 0.2) is 0 Å². The fraction of sp³-hybridized carbons (Fsp3) is 0.200. The monoisotopic (exact) mass is 260 g/mol. The van der Waals surface area contributed by atoms with Crippen LogP contribution >= 0.6 is 11.6 Å². The van der Waals surface area contributed by atoms with Gasteiger partial charge in [-0.25, -0.2) is 0 Å². The van der Waals surface area contributed by atoms with Crippen LogP contribution in [0.1, 0.15) is 11.1 Å². The van der Waals surface area contributed by atoms with E-state index < -0.39 is 0 Å². The lowest BCUT2D eigenvalue weighted by molar-refractivity contribution is 0.923. The van der Waals surface area contributed by atoms with Gasteiger partial charge in [-0.15, -0.1) is 0 Å². The van der Waals surface area contributed by atoms with Gasteiger partial charge in [-0.2, -0.15) is 0 Å². The van der Waals surface area contributed by atoms with Crippen molar-refractivity contribution in [1.82, 2.24) is 0 Å². The van der Waals surface area contributed by atoms with Crippen LogP contribution in [0.4, 0.5) is 11.4 Å². The van der Waals surface area contributed by atoms with E-state index in [0.29, 0.717) is 0 Å². The zero-order chi connectivity index (χ0) is 13.1. The highest BCUT2D eigenvalue weighted by atomic mass is 35.5. The lowest BCUT2D eigenvalue weighted by Crippen LogP contribution is -2.16. The predicted molar refractivity (Wildman–Crippen MR) is 79.2 cm³/mol. The van der Waals surface area contributed by atoms with Gasteiger partial charge in [0.1, 0.15) is 0 Å². The number of rotatable bonds is 3. The highest BCUT2D eigenvalue weighted by molar-refractivity contribution is 6.31. The van der Waals surface area contributed by atoms with Crippen LogP contribution in [-0.2, 0) is 6.54 Å². The van der Waals surface area contributed by atoms with Crippen molar-refractivity contribution >= 4 is 23.0 Å². The van der Waals surface area contributed by atoms with Gasteiger partial charge in [0.2, 0.25) is 0 Å². The van der Waals surface area contributed by atoms with E-state index in [1.165, 1.54) is 5.56 Å². The molecule has 0 aliphatic rings. The Bertz CT molecular complexity index is 535. The van der Waals surface area contributed by atoms with Crippen molar-refractivity contribution in [2.45, 2.75) is 13.5 Å². The van der Waals surface area contributed by atoms with Crippen LogP contribution in [0.25, 0.3) is 0 Å². The molecule has 0 unspecified atom stereocenters. The van der Waals surface area contributed by atoms with Gasteiger partial charge in [-0.05, 0) is 48.4 Å². The fourth-order valence-electron chi connectivity index (χ4n) is 1.86. The number of nitrogens with two attached hydrogens (primary N) is 1. The zero-order valence-corrected chi connectivity index (χ0v) is 11.4. The summed E-state index contributed by atoms with van der Waals surface area (Å²) in [5.41, 5.74) is 9.89. The quantitative estimate of drug-likeness (QED) is 0.849. The SMILES string of the molecule is Cc1ccc(CN(C)c2ccc(N)cc2)c(Cl)c1. The third-order valence-corrected chi connectivity index (χ3v) is 3.30. The molecule has 0 radical (unpaired) electrons. The third kappa shape index (κ3) is 2.96. The smallest absolute Gasteiger partial charge is 0.0458 e. The first-order valence-corrected chi connectivity index (χ1v) is 6.26. The second kappa shape index (κ2) is 5.32. The zero-order valence-electron chi connectivity index (χ0n) is 10.7. The van der Waals surface area contributed by atoms with Crippen molar-refractivity contribution < 1.29 is 0 Å². The maximum Gasteiger partial charge on any atom is 0.0458 e. The first-order valence-electron chi connectivity index (χ1n) is 5.88. The number of nitrogen functional groups attached to an aromatic ring is 1. The van der Waals surface area contributed by atoms with E-state index in [1.807, 2.05) is 44.3 Å². The van der Waals surface area contributed by atoms with E-state index in [-0.39, 0.29) is 0 Å². The molecule has 0 saturated heterocycles. The van der Waals surface area contributed by atoms with Gasteiger partial charge in [0, 0.05) is 30.0 Å². The Morgan fingerprint density at radius 2 is 1.78 bits per heavy atom. The second-order valence-electron chi connectivity index (χ2n) is 4.54. The Kier molecular flexibility index (Phi) is 3.78. The summed E-state index contributed by atoms with van der Waals surface area (Å²) in [4.78, 5) is 2.15. The van der Waals surface area contributed by atoms with Crippen molar-refractivity contribution in [1.29, 1.82) is 0 Å². The number of halogens is 1. The molecule has 0 fully saturated rings. The first-order chi connectivity index (χ1) is 8.56. The van der Waals surface area contributed by atoms with Gasteiger partial charge in [-0.3, -0.25) is 0 Å². The Labute approximate surface area is 113 Å². The van der Waals surface area contributed by atoms with Crippen LogP contribution < -0.4 is 10.6 Å². The molecule has 0 aliphatic carbocycles. The molecular formula is C15H17ClN2. The summed E-state index contributed by atoms with van der Waals surface area (Å²) in [6.45, 7) is 2.82. The highest BCUT2D eigenvalue weighted by Gasteiger charge is 2.05. The first kappa shape index (κ1) is 12.8. The van der Waals surface area contributed by atoms with E-state index >= 15 is 0 Å². The molecule has 2 aromatic rings. The fourth-order valence-corrected chi connectivity index (χ4v) is 2.15. The maximum absolute atomic E-state index is 6.24. The van der Waals surface area contributed by atoms with E-state index in [4.69, 9.17) is 17.3 Å². The minimum atomic E-state index is 0.778. The Morgan fingerprint density at radius 1 is 1.11 bits per heavy atom.